The Morgan fingerprint density at radius 1 is 1.19 bits per heavy atom. The van der Waals surface area contributed by atoms with Crippen LogP contribution < -0.4 is 10.5 Å². The van der Waals surface area contributed by atoms with Crippen molar-refractivity contribution in [3.8, 4) is 28.3 Å². The number of pyridine rings is 1. The molecule has 2 aromatic heterocycles. The first kappa shape index (κ1) is 24.8. The summed E-state index contributed by atoms with van der Waals surface area (Å²) in [5.41, 5.74) is 11.5. The first-order valence-corrected chi connectivity index (χ1v) is 12.3. The van der Waals surface area contributed by atoms with Gasteiger partial charge in [-0.1, -0.05) is 0 Å². The number of carboxylic acid groups (broad SMARTS) is 1. The minimum Gasteiger partial charge on any atom is -0.497 e. The molecule has 37 heavy (non-hydrogen) atoms. The van der Waals surface area contributed by atoms with Crippen LogP contribution in [0.5, 0.6) is 5.75 Å². The Hall–Kier alpha value is -3.85. The van der Waals surface area contributed by atoms with Gasteiger partial charge in [0.05, 0.1) is 29.6 Å². The average molecular weight is 505 g/mol. The van der Waals surface area contributed by atoms with Gasteiger partial charge in [0.1, 0.15) is 11.4 Å². The second-order valence-corrected chi connectivity index (χ2v) is 11.0. The first-order chi connectivity index (χ1) is 17.5. The van der Waals surface area contributed by atoms with Crippen molar-refractivity contribution in [3.63, 3.8) is 0 Å². The van der Waals surface area contributed by atoms with E-state index < -0.39 is 23.2 Å². The molecule has 1 aliphatic carbocycles. The van der Waals surface area contributed by atoms with Crippen LogP contribution in [0.15, 0.2) is 36.5 Å². The van der Waals surface area contributed by atoms with Crippen molar-refractivity contribution in [2.45, 2.75) is 51.2 Å². The molecule has 0 bridgehead atoms. The van der Waals surface area contributed by atoms with Crippen LogP contribution in [0.2, 0.25) is 0 Å². The van der Waals surface area contributed by atoms with Gasteiger partial charge in [0.2, 0.25) is 0 Å². The van der Waals surface area contributed by atoms with E-state index in [1.165, 1.54) is 0 Å². The summed E-state index contributed by atoms with van der Waals surface area (Å²) in [6.45, 7) is 6.04. The van der Waals surface area contributed by atoms with Gasteiger partial charge in [0.15, 0.2) is 0 Å². The van der Waals surface area contributed by atoms with Gasteiger partial charge in [-0.25, -0.2) is 9.59 Å². The zero-order valence-corrected chi connectivity index (χ0v) is 21.6. The van der Waals surface area contributed by atoms with Gasteiger partial charge in [-0.05, 0) is 75.1 Å². The largest absolute Gasteiger partial charge is 0.497 e. The number of aryl methyl sites for hydroxylation is 1. The van der Waals surface area contributed by atoms with E-state index in [1.54, 1.807) is 12.0 Å². The van der Waals surface area contributed by atoms with Crippen LogP contribution in [0, 0.1) is 0 Å². The van der Waals surface area contributed by atoms with Crippen molar-refractivity contribution in [3.05, 3.63) is 58.9 Å². The van der Waals surface area contributed by atoms with Crippen LogP contribution in [0.1, 0.15) is 48.0 Å². The number of amides is 1. The number of hydrogen-bond acceptors (Lipinski definition) is 6. The first-order valence-electron chi connectivity index (χ1n) is 12.3. The Labute approximate surface area is 215 Å². The summed E-state index contributed by atoms with van der Waals surface area (Å²) < 4.78 is 10.7. The van der Waals surface area contributed by atoms with Gasteiger partial charge in [-0.2, -0.15) is 0 Å². The van der Waals surface area contributed by atoms with Crippen molar-refractivity contribution in [2.24, 2.45) is 5.73 Å². The molecule has 3 aromatic rings. The van der Waals surface area contributed by atoms with Crippen molar-refractivity contribution < 1.29 is 24.2 Å². The van der Waals surface area contributed by atoms with Crippen LogP contribution in [0.3, 0.4) is 0 Å². The second-order valence-electron chi connectivity index (χ2n) is 11.0. The number of methoxy groups -OCH3 is 1. The van der Waals surface area contributed by atoms with Crippen molar-refractivity contribution in [1.29, 1.82) is 0 Å². The fourth-order valence-corrected chi connectivity index (χ4v) is 5.19. The number of nitrogens with one attached hydrogen (secondary N) is 1. The highest BCUT2D eigenvalue weighted by molar-refractivity contribution is 5.95. The molecule has 1 fully saturated rings. The van der Waals surface area contributed by atoms with Gasteiger partial charge < -0.3 is 30.2 Å². The lowest BCUT2D eigenvalue weighted by Gasteiger charge is -2.47. The van der Waals surface area contributed by atoms with E-state index in [0.29, 0.717) is 38.0 Å². The van der Waals surface area contributed by atoms with E-state index in [1.807, 2.05) is 57.3 Å². The number of nitrogens with two attached hydrogens (primary N) is 1. The topological polar surface area (TPSA) is 131 Å². The number of benzene rings is 1. The highest BCUT2D eigenvalue weighted by Gasteiger charge is 2.45. The predicted octanol–water partition coefficient (Wildman–Crippen LogP) is 4.04. The number of carbonyl (C=O) groups is 2. The number of nitrogens with zero attached hydrogens (tertiary/aromatic N) is 2. The normalized spacial score (nSPS) is 15.9. The van der Waals surface area contributed by atoms with E-state index in [0.717, 1.165) is 39.4 Å². The van der Waals surface area contributed by atoms with Gasteiger partial charge in [0.25, 0.3) is 0 Å². The molecule has 4 N–H and O–H groups in total. The number of aromatic carboxylic acids is 1. The summed E-state index contributed by atoms with van der Waals surface area (Å²) in [6.07, 6.45) is 3.08. The molecule has 3 heterocycles. The molecule has 9 heteroatoms. The molecule has 194 valence electrons. The lowest BCUT2D eigenvalue weighted by Crippen LogP contribution is -2.70. The Morgan fingerprint density at radius 3 is 2.51 bits per heavy atom. The molecule has 0 unspecified atom stereocenters. The highest BCUT2D eigenvalue weighted by atomic mass is 16.6. The number of H-pyrrole nitrogens is 1. The van der Waals surface area contributed by atoms with Crippen LogP contribution in [0.4, 0.5) is 4.79 Å². The molecular weight excluding hydrogens is 472 g/mol. The summed E-state index contributed by atoms with van der Waals surface area (Å²) in [5.74, 6) is -0.214. The number of aromatic amines is 1. The molecule has 0 spiro atoms. The van der Waals surface area contributed by atoms with Crippen molar-refractivity contribution in [2.75, 3.05) is 20.2 Å². The zero-order valence-electron chi connectivity index (χ0n) is 21.6. The Balaban J connectivity index is 1.44. The van der Waals surface area contributed by atoms with E-state index >= 15 is 0 Å². The standard InChI is InChI=1S/C28H32N4O5/c1-27(2,3)37-26(35)32-14-28(29,15-32)12-22-23(25(33)34)19-10-7-17-13-30-21(11-20(17)24(19)31-22)16-5-8-18(36-4)9-6-16/h5-6,8-9,11,13,31H,7,10,12,14-15,29H2,1-4H3,(H,33,34). The number of aromatic nitrogens is 2. The van der Waals surface area contributed by atoms with E-state index in [4.69, 9.17) is 15.2 Å². The molecule has 1 saturated heterocycles. The lowest BCUT2D eigenvalue weighted by molar-refractivity contribution is -0.00813. The second kappa shape index (κ2) is 8.92. The molecule has 1 amide bonds. The van der Waals surface area contributed by atoms with Crippen LogP contribution in [0.25, 0.3) is 22.5 Å². The van der Waals surface area contributed by atoms with E-state index in [-0.39, 0.29) is 5.56 Å². The van der Waals surface area contributed by atoms with Crippen molar-refractivity contribution in [1.82, 2.24) is 14.9 Å². The van der Waals surface area contributed by atoms with Crippen LogP contribution >= 0.6 is 0 Å². The minimum absolute atomic E-state index is 0.281. The molecule has 2 aliphatic rings. The third-order valence-electron chi connectivity index (χ3n) is 6.87. The van der Waals surface area contributed by atoms with Crippen molar-refractivity contribution >= 4 is 12.1 Å². The maximum Gasteiger partial charge on any atom is 0.410 e. The van der Waals surface area contributed by atoms with Crippen LogP contribution in [-0.4, -0.2) is 63.4 Å². The maximum absolute atomic E-state index is 12.4. The zero-order chi connectivity index (χ0) is 26.5. The predicted molar refractivity (Wildman–Crippen MR) is 139 cm³/mol. The SMILES string of the molecule is COc1ccc(-c2cc3c(cn2)CCc2c-3[nH]c(CC3(N)CN(C(=O)OC(C)(C)C)C3)c2C(=O)O)cc1. The molecule has 9 nitrogen and oxygen atoms in total. The molecule has 0 saturated carbocycles. The smallest absolute Gasteiger partial charge is 0.410 e. The molecule has 1 aliphatic heterocycles. The Morgan fingerprint density at radius 2 is 1.89 bits per heavy atom. The maximum atomic E-state index is 12.4. The minimum atomic E-state index is -0.979. The fourth-order valence-electron chi connectivity index (χ4n) is 5.19. The third kappa shape index (κ3) is 4.79. The summed E-state index contributed by atoms with van der Waals surface area (Å²) in [4.78, 5) is 34.3. The number of likely N-dealkylation sites (tertiary alicyclic amines) is 1. The highest BCUT2D eigenvalue weighted by Crippen LogP contribution is 2.39. The Bertz CT molecular complexity index is 1360. The summed E-state index contributed by atoms with van der Waals surface area (Å²) in [5, 5.41) is 10.1. The average Bonchev–Trinajstić information content (AvgIpc) is 3.19. The fraction of sp³-hybridized carbons (Fsp3) is 0.393. The molecule has 1 aromatic carbocycles. The lowest BCUT2D eigenvalue weighted by atomic mass is 9.84. The van der Waals surface area contributed by atoms with Gasteiger partial charge in [-0.3, -0.25) is 4.98 Å². The molecular formula is C28H32N4O5. The van der Waals surface area contributed by atoms with Gasteiger partial charge in [0, 0.05) is 42.5 Å². The van der Waals surface area contributed by atoms with E-state index in [9.17, 15) is 14.7 Å². The molecule has 0 atom stereocenters. The Kier molecular flexibility index (Phi) is 5.98. The van der Waals surface area contributed by atoms with Gasteiger partial charge in [-0.15, -0.1) is 0 Å². The number of hydrogen-bond donors (Lipinski definition) is 3. The number of rotatable bonds is 5. The third-order valence-corrected chi connectivity index (χ3v) is 6.87. The molecule has 0 radical (unpaired) electrons. The number of fused-ring (bicyclic) bond motifs is 3. The van der Waals surface area contributed by atoms with E-state index in [2.05, 4.69) is 9.97 Å². The number of ether oxygens (including phenoxy) is 2. The van der Waals surface area contributed by atoms with Crippen LogP contribution in [-0.2, 0) is 24.0 Å². The monoisotopic (exact) mass is 504 g/mol. The number of carboxylic acids is 1. The summed E-state index contributed by atoms with van der Waals surface area (Å²) >= 11 is 0. The summed E-state index contributed by atoms with van der Waals surface area (Å²) in [7, 11) is 1.63. The van der Waals surface area contributed by atoms with Gasteiger partial charge >= 0.3 is 12.1 Å². The molecule has 5 rings (SSSR count). The quantitative estimate of drug-likeness (QED) is 0.478. The summed E-state index contributed by atoms with van der Waals surface area (Å²) in [6, 6.07) is 9.68. The number of carbonyl (C=O) groups excluding carboxylic acids is 1.